The van der Waals surface area contributed by atoms with Crippen LogP contribution in [0.15, 0.2) is 47.4 Å². The fraction of sp³-hybridized carbons (Fsp3) is 0.364. The second-order valence-corrected chi connectivity index (χ2v) is 9.57. The average molecular weight is 478 g/mol. The largest absolute Gasteiger partial charge is 0.497 e. The predicted molar refractivity (Wildman–Crippen MR) is 128 cm³/mol. The van der Waals surface area contributed by atoms with Gasteiger partial charge in [-0.2, -0.15) is 0 Å². The highest BCUT2D eigenvalue weighted by Crippen LogP contribution is 2.32. The summed E-state index contributed by atoms with van der Waals surface area (Å²) in [5.74, 6) is 1.14. The van der Waals surface area contributed by atoms with E-state index in [0.717, 1.165) is 58.8 Å². The predicted octanol–water partition coefficient (Wildman–Crippen LogP) is 4.42. The van der Waals surface area contributed by atoms with Crippen LogP contribution in [0.5, 0.6) is 5.75 Å². The Morgan fingerprint density at radius 3 is 2.77 bits per heavy atom. The van der Waals surface area contributed by atoms with Gasteiger partial charge >= 0.3 is 0 Å². The van der Waals surface area contributed by atoms with Crippen LogP contribution in [0.1, 0.15) is 0 Å². The lowest BCUT2D eigenvalue weighted by molar-refractivity contribution is -0.116. The van der Waals surface area contributed by atoms with Crippen molar-refractivity contribution in [3.63, 3.8) is 0 Å². The number of hydrogen-bond acceptors (Lipinski definition) is 7. The average Bonchev–Trinajstić information content (AvgIpc) is 3.22. The van der Waals surface area contributed by atoms with Crippen LogP contribution in [0.4, 0.5) is 5.13 Å². The van der Waals surface area contributed by atoms with Crippen molar-refractivity contribution in [1.29, 1.82) is 0 Å². The quantitative estimate of drug-likeness (QED) is 0.448. The lowest BCUT2D eigenvalue weighted by Crippen LogP contribution is -2.43. The molecule has 0 aliphatic carbocycles. The molecule has 0 saturated carbocycles. The van der Waals surface area contributed by atoms with E-state index in [1.165, 1.54) is 23.1 Å². The maximum atomic E-state index is 13.2. The Morgan fingerprint density at radius 2 is 2.03 bits per heavy atom. The zero-order valence-electron chi connectivity index (χ0n) is 17.3. The first-order valence-corrected chi connectivity index (χ1v) is 12.2. The maximum absolute atomic E-state index is 13.2. The number of benzene rings is 2. The molecule has 9 heteroatoms. The number of thioether (sulfide) groups is 1. The smallest absolute Gasteiger partial charge is 0.239 e. The molecule has 0 atom stereocenters. The van der Waals surface area contributed by atoms with Crippen molar-refractivity contribution < 1.29 is 14.3 Å². The Labute approximate surface area is 195 Å². The molecule has 1 aliphatic rings. The van der Waals surface area contributed by atoms with E-state index in [4.69, 9.17) is 26.1 Å². The molecule has 0 radical (unpaired) electrons. The van der Waals surface area contributed by atoms with Gasteiger partial charge in [-0.1, -0.05) is 22.9 Å². The van der Waals surface area contributed by atoms with Crippen LogP contribution in [0, 0.1) is 0 Å². The number of hydrogen-bond donors (Lipinski definition) is 0. The van der Waals surface area contributed by atoms with Gasteiger partial charge in [0.1, 0.15) is 5.75 Å². The summed E-state index contributed by atoms with van der Waals surface area (Å²) in [5, 5.41) is 1.41. The van der Waals surface area contributed by atoms with Crippen molar-refractivity contribution in [1.82, 2.24) is 9.88 Å². The standard InChI is InChI=1S/C22H24ClN3O3S2/c1-28-17-4-7-20-19(14-17)24-22(31-20)26(9-8-25-10-12-29-13-11-25)21(27)15-30-18-5-2-16(23)3-6-18/h2-7,14H,8-13,15H2,1H3. The lowest BCUT2D eigenvalue weighted by atomic mass is 10.3. The van der Waals surface area contributed by atoms with Crippen LogP contribution < -0.4 is 9.64 Å². The maximum Gasteiger partial charge on any atom is 0.239 e. The van der Waals surface area contributed by atoms with Gasteiger partial charge in [-0.3, -0.25) is 14.6 Å². The van der Waals surface area contributed by atoms with Crippen molar-refractivity contribution in [2.24, 2.45) is 0 Å². The SMILES string of the molecule is COc1ccc2sc(N(CCN3CCOCC3)C(=O)CSc3ccc(Cl)cc3)nc2c1. The molecule has 31 heavy (non-hydrogen) atoms. The summed E-state index contributed by atoms with van der Waals surface area (Å²) >= 11 is 9.01. The number of halogens is 1. The third kappa shape index (κ3) is 5.90. The topological polar surface area (TPSA) is 54.9 Å². The van der Waals surface area contributed by atoms with Gasteiger partial charge in [0.25, 0.3) is 0 Å². The Hall–Kier alpha value is -1.84. The number of carbonyl (C=O) groups excluding carboxylic acids is 1. The number of methoxy groups -OCH3 is 1. The van der Waals surface area contributed by atoms with Gasteiger partial charge in [0.05, 0.1) is 36.3 Å². The molecule has 0 N–H and O–H groups in total. The monoisotopic (exact) mass is 477 g/mol. The Balaban J connectivity index is 1.51. The lowest BCUT2D eigenvalue weighted by Gasteiger charge is -2.29. The Bertz CT molecular complexity index is 1020. The second kappa shape index (κ2) is 10.7. The molecule has 2 heterocycles. The molecular formula is C22H24ClN3O3S2. The van der Waals surface area contributed by atoms with E-state index in [0.29, 0.717) is 17.3 Å². The van der Waals surface area contributed by atoms with Gasteiger partial charge in [0.2, 0.25) is 5.91 Å². The van der Waals surface area contributed by atoms with Gasteiger partial charge in [-0.15, -0.1) is 11.8 Å². The molecule has 0 spiro atoms. The van der Waals surface area contributed by atoms with Crippen LogP contribution in [-0.4, -0.2) is 68.0 Å². The summed E-state index contributed by atoms with van der Waals surface area (Å²) in [6.07, 6.45) is 0. The van der Waals surface area contributed by atoms with Crippen molar-refractivity contribution in [2.45, 2.75) is 4.90 Å². The minimum Gasteiger partial charge on any atom is -0.497 e. The van der Waals surface area contributed by atoms with E-state index in [9.17, 15) is 4.79 Å². The van der Waals surface area contributed by atoms with E-state index >= 15 is 0 Å². The fourth-order valence-corrected chi connectivity index (χ4v) is 5.17. The first kappa shape index (κ1) is 22.4. The minimum atomic E-state index is 0.0410. The molecule has 1 saturated heterocycles. The number of carbonyl (C=O) groups is 1. The summed E-state index contributed by atoms with van der Waals surface area (Å²) < 4.78 is 11.8. The first-order chi connectivity index (χ1) is 15.1. The zero-order chi connectivity index (χ0) is 21.6. The summed E-state index contributed by atoms with van der Waals surface area (Å²) in [4.78, 5) is 23.1. The number of aromatic nitrogens is 1. The molecule has 1 aliphatic heterocycles. The van der Waals surface area contributed by atoms with Crippen molar-refractivity contribution >= 4 is 56.0 Å². The number of morpholine rings is 1. The molecule has 2 aromatic carbocycles. The minimum absolute atomic E-state index is 0.0410. The third-order valence-corrected chi connectivity index (χ3v) is 7.34. The molecule has 1 aromatic heterocycles. The molecule has 1 amide bonds. The summed E-state index contributed by atoms with van der Waals surface area (Å²) in [5.41, 5.74) is 0.842. The van der Waals surface area contributed by atoms with Gasteiger partial charge < -0.3 is 9.47 Å². The molecule has 4 rings (SSSR count). The fourth-order valence-electron chi connectivity index (χ4n) is 3.28. The number of amides is 1. The molecule has 6 nitrogen and oxygen atoms in total. The summed E-state index contributed by atoms with van der Waals surface area (Å²) in [6, 6.07) is 13.4. The highest BCUT2D eigenvalue weighted by molar-refractivity contribution is 8.00. The first-order valence-electron chi connectivity index (χ1n) is 10.1. The molecule has 3 aromatic rings. The number of rotatable bonds is 8. The Morgan fingerprint density at radius 1 is 1.26 bits per heavy atom. The molecule has 164 valence electrons. The van der Waals surface area contributed by atoms with Crippen molar-refractivity contribution in [2.75, 3.05) is 57.2 Å². The summed E-state index contributed by atoms with van der Waals surface area (Å²) in [7, 11) is 1.64. The van der Waals surface area contributed by atoms with Crippen LogP contribution in [0.2, 0.25) is 5.02 Å². The van der Waals surface area contributed by atoms with E-state index < -0.39 is 0 Å². The van der Waals surface area contributed by atoms with Gasteiger partial charge in [-0.25, -0.2) is 4.98 Å². The van der Waals surface area contributed by atoms with Gasteiger partial charge in [0, 0.05) is 42.2 Å². The second-order valence-electron chi connectivity index (χ2n) is 7.07. The van der Waals surface area contributed by atoms with E-state index in [1.807, 2.05) is 47.4 Å². The number of nitrogens with zero attached hydrogens (tertiary/aromatic N) is 3. The van der Waals surface area contributed by atoms with E-state index in [1.54, 1.807) is 7.11 Å². The van der Waals surface area contributed by atoms with Crippen LogP contribution in [0.3, 0.4) is 0 Å². The zero-order valence-corrected chi connectivity index (χ0v) is 19.6. The van der Waals surface area contributed by atoms with Gasteiger partial charge in [0.15, 0.2) is 5.13 Å². The van der Waals surface area contributed by atoms with Crippen LogP contribution in [-0.2, 0) is 9.53 Å². The number of anilines is 1. The summed E-state index contributed by atoms with van der Waals surface area (Å²) in [6.45, 7) is 4.64. The van der Waals surface area contributed by atoms with E-state index in [2.05, 4.69) is 4.90 Å². The van der Waals surface area contributed by atoms with Crippen LogP contribution in [0.25, 0.3) is 10.2 Å². The number of fused-ring (bicyclic) bond motifs is 1. The number of thiazole rings is 1. The molecule has 0 unspecified atom stereocenters. The normalized spacial score (nSPS) is 14.6. The Kier molecular flexibility index (Phi) is 7.68. The molecular weight excluding hydrogens is 454 g/mol. The number of ether oxygens (including phenoxy) is 2. The molecule has 0 bridgehead atoms. The molecule has 1 fully saturated rings. The third-order valence-electron chi connectivity index (χ3n) is 5.03. The highest BCUT2D eigenvalue weighted by atomic mass is 35.5. The van der Waals surface area contributed by atoms with Crippen molar-refractivity contribution in [3.05, 3.63) is 47.5 Å². The highest BCUT2D eigenvalue weighted by Gasteiger charge is 2.22. The van der Waals surface area contributed by atoms with E-state index in [-0.39, 0.29) is 5.91 Å². The van der Waals surface area contributed by atoms with Gasteiger partial charge in [-0.05, 0) is 36.4 Å². The van der Waals surface area contributed by atoms with Crippen molar-refractivity contribution in [3.8, 4) is 5.75 Å². The van der Waals surface area contributed by atoms with Crippen LogP contribution >= 0.6 is 34.7 Å².